The van der Waals surface area contributed by atoms with Crippen molar-refractivity contribution >= 4 is 11.8 Å². The van der Waals surface area contributed by atoms with Gasteiger partial charge < -0.3 is 0 Å². The van der Waals surface area contributed by atoms with E-state index in [1.807, 2.05) is 0 Å². The average Bonchev–Trinajstić information content (AvgIpc) is 3.07. The van der Waals surface area contributed by atoms with E-state index < -0.39 is 0 Å². The van der Waals surface area contributed by atoms with Crippen LogP contribution in [0.15, 0.2) is 24.3 Å². The van der Waals surface area contributed by atoms with E-state index in [0.29, 0.717) is 0 Å². The zero-order chi connectivity index (χ0) is 9.38. The van der Waals surface area contributed by atoms with Crippen LogP contribution >= 0.6 is 11.8 Å². The Labute approximate surface area is 90.1 Å². The van der Waals surface area contributed by atoms with Gasteiger partial charge in [-0.3, -0.25) is 0 Å². The van der Waals surface area contributed by atoms with E-state index in [9.17, 15) is 0 Å². The van der Waals surface area contributed by atoms with E-state index in [0.717, 1.165) is 11.2 Å². The number of rotatable bonds is 4. The van der Waals surface area contributed by atoms with Crippen molar-refractivity contribution in [2.45, 2.75) is 42.6 Å². The molecule has 0 heterocycles. The predicted molar refractivity (Wildman–Crippen MR) is 62.7 cm³/mol. The van der Waals surface area contributed by atoms with Crippen LogP contribution in [0.1, 0.15) is 42.7 Å². The second kappa shape index (κ2) is 3.62. The van der Waals surface area contributed by atoms with Crippen LogP contribution in [0.5, 0.6) is 0 Å². The lowest BCUT2D eigenvalue weighted by Gasteiger charge is -2.07. The molecule has 0 atom stereocenters. The molecule has 1 aromatic carbocycles. The third kappa shape index (κ3) is 1.98. The van der Waals surface area contributed by atoms with Crippen molar-refractivity contribution in [3.8, 4) is 0 Å². The molecule has 0 radical (unpaired) electrons. The largest absolute Gasteiger partial charge is 0.154 e. The summed E-state index contributed by atoms with van der Waals surface area (Å²) in [4.78, 5) is 0. The fourth-order valence-electron chi connectivity index (χ4n) is 1.90. The summed E-state index contributed by atoms with van der Waals surface area (Å²) in [6.07, 6.45) is 5.75. The van der Waals surface area contributed by atoms with E-state index >= 15 is 0 Å². The quantitative estimate of drug-likeness (QED) is 0.715. The van der Waals surface area contributed by atoms with Gasteiger partial charge in [-0.2, -0.15) is 11.8 Å². The highest BCUT2D eigenvalue weighted by Crippen LogP contribution is 2.43. The summed E-state index contributed by atoms with van der Waals surface area (Å²) < 4.78 is 0. The van der Waals surface area contributed by atoms with Crippen molar-refractivity contribution in [1.82, 2.24) is 0 Å². The molecule has 0 N–H and O–H groups in total. The SMILES string of the molecule is c1ccc(C2CC2)c(CSC2CC2)c1. The van der Waals surface area contributed by atoms with Gasteiger partial charge in [0, 0.05) is 11.0 Å². The minimum Gasteiger partial charge on any atom is -0.154 e. The molecule has 2 fully saturated rings. The molecule has 0 aliphatic heterocycles. The molecule has 0 bridgehead atoms. The maximum absolute atomic E-state index is 2.33. The van der Waals surface area contributed by atoms with E-state index in [1.54, 1.807) is 11.1 Å². The Kier molecular flexibility index (Phi) is 2.28. The first-order valence-electron chi connectivity index (χ1n) is 5.63. The molecule has 14 heavy (non-hydrogen) atoms. The molecular weight excluding hydrogens is 188 g/mol. The summed E-state index contributed by atoms with van der Waals surface area (Å²) in [6.45, 7) is 0. The lowest BCUT2D eigenvalue weighted by Crippen LogP contribution is -1.90. The maximum atomic E-state index is 2.33. The van der Waals surface area contributed by atoms with E-state index in [4.69, 9.17) is 0 Å². The van der Waals surface area contributed by atoms with Gasteiger partial charge in [0.15, 0.2) is 0 Å². The highest BCUT2D eigenvalue weighted by Gasteiger charge is 2.27. The van der Waals surface area contributed by atoms with Crippen molar-refractivity contribution in [3.05, 3.63) is 35.4 Å². The highest BCUT2D eigenvalue weighted by atomic mass is 32.2. The third-order valence-corrected chi connectivity index (χ3v) is 4.49. The second-order valence-electron chi connectivity index (χ2n) is 4.48. The zero-order valence-electron chi connectivity index (χ0n) is 8.41. The van der Waals surface area contributed by atoms with Gasteiger partial charge in [0.2, 0.25) is 0 Å². The van der Waals surface area contributed by atoms with Gasteiger partial charge in [-0.15, -0.1) is 0 Å². The minimum atomic E-state index is 0.908. The van der Waals surface area contributed by atoms with E-state index in [1.165, 1.54) is 31.4 Å². The van der Waals surface area contributed by atoms with Gasteiger partial charge in [0.1, 0.15) is 0 Å². The standard InChI is InChI=1S/C13H16S/c1-2-4-13(10-5-6-10)11(3-1)9-14-12-7-8-12/h1-4,10,12H,5-9H2. The lowest BCUT2D eigenvalue weighted by atomic mass is 10.1. The Hall–Kier alpha value is -0.430. The molecule has 74 valence electrons. The number of hydrogen-bond acceptors (Lipinski definition) is 1. The van der Waals surface area contributed by atoms with Crippen LogP contribution in [-0.2, 0) is 5.75 Å². The molecule has 0 nitrogen and oxygen atoms in total. The fraction of sp³-hybridized carbons (Fsp3) is 0.538. The lowest BCUT2D eigenvalue weighted by molar-refractivity contribution is 1.09. The topological polar surface area (TPSA) is 0 Å². The first-order valence-corrected chi connectivity index (χ1v) is 6.68. The van der Waals surface area contributed by atoms with Crippen molar-refractivity contribution in [3.63, 3.8) is 0 Å². The molecule has 0 unspecified atom stereocenters. The van der Waals surface area contributed by atoms with Crippen LogP contribution < -0.4 is 0 Å². The molecule has 2 aliphatic carbocycles. The Balaban J connectivity index is 1.73. The van der Waals surface area contributed by atoms with Crippen molar-refractivity contribution < 1.29 is 0 Å². The molecule has 0 spiro atoms. The predicted octanol–water partition coefficient (Wildman–Crippen LogP) is 3.96. The Morgan fingerprint density at radius 2 is 1.86 bits per heavy atom. The van der Waals surface area contributed by atoms with Gasteiger partial charge >= 0.3 is 0 Å². The number of benzene rings is 1. The average molecular weight is 204 g/mol. The summed E-state index contributed by atoms with van der Waals surface area (Å²) in [5.74, 6) is 2.16. The monoisotopic (exact) mass is 204 g/mol. The van der Waals surface area contributed by atoms with Crippen LogP contribution in [0.2, 0.25) is 0 Å². The maximum Gasteiger partial charge on any atom is 0.0190 e. The van der Waals surface area contributed by atoms with E-state index in [2.05, 4.69) is 36.0 Å². The van der Waals surface area contributed by atoms with Crippen LogP contribution in [-0.4, -0.2) is 5.25 Å². The molecule has 1 heteroatoms. The Morgan fingerprint density at radius 1 is 1.07 bits per heavy atom. The van der Waals surface area contributed by atoms with Crippen LogP contribution in [0, 0.1) is 0 Å². The molecule has 0 aromatic heterocycles. The summed E-state index contributed by atoms with van der Waals surface area (Å²) in [5, 5.41) is 0.988. The Morgan fingerprint density at radius 3 is 2.57 bits per heavy atom. The molecule has 2 aliphatic rings. The highest BCUT2D eigenvalue weighted by molar-refractivity contribution is 7.99. The third-order valence-electron chi connectivity index (χ3n) is 3.07. The van der Waals surface area contributed by atoms with Crippen molar-refractivity contribution in [2.75, 3.05) is 0 Å². The molecular formula is C13H16S. The normalized spacial score (nSPS) is 21.1. The molecule has 0 amide bonds. The summed E-state index contributed by atoms with van der Waals surface area (Å²) in [7, 11) is 0. The minimum absolute atomic E-state index is 0.908. The second-order valence-corrected chi connectivity index (χ2v) is 5.77. The molecule has 3 rings (SSSR count). The number of thioether (sulfide) groups is 1. The van der Waals surface area contributed by atoms with Gasteiger partial charge in [0.25, 0.3) is 0 Å². The van der Waals surface area contributed by atoms with Crippen LogP contribution in [0.25, 0.3) is 0 Å². The molecule has 0 saturated heterocycles. The van der Waals surface area contributed by atoms with Gasteiger partial charge in [0.05, 0.1) is 0 Å². The summed E-state index contributed by atoms with van der Waals surface area (Å²) >= 11 is 2.15. The summed E-state index contributed by atoms with van der Waals surface area (Å²) in [5.41, 5.74) is 3.24. The zero-order valence-corrected chi connectivity index (χ0v) is 9.22. The van der Waals surface area contributed by atoms with Crippen molar-refractivity contribution in [2.24, 2.45) is 0 Å². The van der Waals surface area contributed by atoms with Gasteiger partial charge in [-0.05, 0) is 42.7 Å². The van der Waals surface area contributed by atoms with Crippen molar-refractivity contribution in [1.29, 1.82) is 0 Å². The van der Waals surface area contributed by atoms with Gasteiger partial charge in [-0.25, -0.2) is 0 Å². The van der Waals surface area contributed by atoms with E-state index in [-0.39, 0.29) is 0 Å². The fourth-order valence-corrected chi connectivity index (χ4v) is 3.05. The summed E-state index contributed by atoms with van der Waals surface area (Å²) in [6, 6.07) is 9.04. The molecule has 2 saturated carbocycles. The first-order chi connectivity index (χ1) is 6.93. The van der Waals surface area contributed by atoms with Gasteiger partial charge in [-0.1, -0.05) is 24.3 Å². The number of hydrogen-bond donors (Lipinski definition) is 0. The Bertz CT molecular complexity index is 324. The smallest absolute Gasteiger partial charge is 0.0190 e. The van der Waals surface area contributed by atoms with Crippen LogP contribution in [0.4, 0.5) is 0 Å². The molecule has 1 aromatic rings. The first kappa shape index (κ1) is 8.84. The van der Waals surface area contributed by atoms with Crippen LogP contribution in [0.3, 0.4) is 0 Å².